The molecule has 2 aromatic carbocycles. The van der Waals surface area contributed by atoms with E-state index < -0.39 is 0 Å². The lowest BCUT2D eigenvalue weighted by Crippen LogP contribution is -2.29. The zero-order valence-electron chi connectivity index (χ0n) is 26.2. The molecule has 1 fully saturated rings. The van der Waals surface area contributed by atoms with E-state index in [0.29, 0.717) is 5.11 Å². The van der Waals surface area contributed by atoms with Crippen molar-refractivity contribution < 1.29 is 4.79 Å². The highest BCUT2D eigenvalue weighted by molar-refractivity contribution is 7.80. The molecule has 0 bridgehead atoms. The van der Waals surface area contributed by atoms with E-state index in [2.05, 4.69) is 95.2 Å². The van der Waals surface area contributed by atoms with E-state index in [0.717, 1.165) is 52.8 Å². The number of pyridine rings is 1. The Bertz CT molecular complexity index is 1610. The van der Waals surface area contributed by atoms with Gasteiger partial charge in [-0.1, -0.05) is 19.9 Å². The van der Waals surface area contributed by atoms with Gasteiger partial charge in [-0.15, -0.1) is 0 Å². The average molecular weight is 595 g/mol. The minimum atomic E-state index is -0.145. The van der Waals surface area contributed by atoms with E-state index in [9.17, 15) is 4.79 Å². The van der Waals surface area contributed by atoms with E-state index in [1.54, 1.807) is 0 Å². The van der Waals surface area contributed by atoms with Crippen LogP contribution < -0.4 is 20.4 Å². The molecule has 0 aliphatic carbocycles. The standard InChI is InChI=1S/C35H42N6OS/c1-8-39(9-2)26-13-15-27(16-14-26)40-24(6)21-29(25(40)7)33-32(31-12-10-11-19-36-31)38-35(43)41(33)28-17-18-30(23(5)20-28)37-34(42)22(3)4/h10-22,32-33H,8-9H2,1-7H3,(H,37,42)(H,38,43)/t32-,33+/m0/s1. The van der Waals surface area contributed by atoms with Crippen LogP contribution >= 0.6 is 12.2 Å². The Morgan fingerprint density at radius 1 is 1.00 bits per heavy atom. The van der Waals surface area contributed by atoms with Gasteiger partial charge in [0.05, 0.1) is 17.8 Å². The number of nitrogens with one attached hydrogen (secondary N) is 2. The molecule has 1 amide bonds. The largest absolute Gasteiger partial charge is 0.372 e. The lowest BCUT2D eigenvalue weighted by atomic mass is 9.96. The fourth-order valence-corrected chi connectivity index (χ4v) is 6.40. The fourth-order valence-electron chi connectivity index (χ4n) is 6.05. The second-order valence-electron chi connectivity index (χ2n) is 11.5. The fraction of sp³-hybridized carbons (Fsp3) is 0.343. The van der Waals surface area contributed by atoms with Gasteiger partial charge in [0.15, 0.2) is 5.11 Å². The average Bonchev–Trinajstić information content (AvgIpc) is 3.50. The molecular weight excluding hydrogens is 552 g/mol. The minimum absolute atomic E-state index is 0.000119. The number of hydrogen-bond donors (Lipinski definition) is 2. The van der Waals surface area contributed by atoms with Crippen molar-refractivity contribution in [2.75, 3.05) is 28.2 Å². The molecule has 43 heavy (non-hydrogen) atoms. The van der Waals surface area contributed by atoms with Gasteiger partial charge in [-0.3, -0.25) is 9.78 Å². The molecule has 0 radical (unpaired) electrons. The molecule has 1 saturated heterocycles. The molecule has 0 unspecified atom stereocenters. The summed E-state index contributed by atoms with van der Waals surface area (Å²) in [6.45, 7) is 16.5. The molecule has 0 saturated carbocycles. The Morgan fingerprint density at radius 3 is 2.30 bits per heavy atom. The third kappa shape index (κ3) is 5.89. The second kappa shape index (κ2) is 12.6. The maximum atomic E-state index is 12.4. The third-order valence-corrected chi connectivity index (χ3v) is 8.71. The monoisotopic (exact) mass is 594 g/mol. The van der Waals surface area contributed by atoms with Gasteiger partial charge in [0.25, 0.3) is 0 Å². The van der Waals surface area contributed by atoms with Crippen LogP contribution in [0.5, 0.6) is 0 Å². The molecule has 224 valence electrons. The van der Waals surface area contributed by atoms with Gasteiger partial charge < -0.3 is 25.0 Å². The molecule has 4 aromatic rings. The summed E-state index contributed by atoms with van der Waals surface area (Å²) in [5.74, 6) is -0.0958. The number of hydrogen-bond acceptors (Lipinski definition) is 4. The Hall–Kier alpha value is -4.17. The minimum Gasteiger partial charge on any atom is -0.372 e. The first-order chi connectivity index (χ1) is 20.6. The van der Waals surface area contributed by atoms with Crippen LogP contribution in [0.3, 0.4) is 0 Å². The molecule has 1 aliphatic heterocycles. The van der Waals surface area contributed by atoms with Crippen LogP contribution in [0.2, 0.25) is 0 Å². The lowest BCUT2D eigenvalue weighted by Gasteiger charge is -2.29. The van der Waals surface area contributed by atoms with Crippen molar-refractivity contribution in [2.45, 2.75) is 60.5 Å². The molecule has 5 rings (SSSR count). The summed E-state index contributed by atoms with van der Waals surface area (Å²) in [5, 5.41) is 7.28. The van der Waals surface area contributed by atoms with E-state index >= 15 is 0 Å². The predicted octanol–water partition coefficient (Wildman–Crippen LogP) is 7.42. The Labute approximate surface area is 260 Å². The number of benzene rings is 2. The van der Waals surface area contributed by atoms with Crippen LogP contribution in [0.25, 0.3) is 5.69 Å². The van der Waals surface area contributed by atoms with Crippen molar-refractivity contribution in [1.82, 2.24) is 14.9 Å². The zero-order valence-corrected chi connectivity index (χ0v) is 27.0. The highest BCUT2D eigenvalue weighted by Gasteiger charge is 2.42. The van der Waals surface area contributed by atoms with E-state index in [1.807, 2.05) is 51.2 Å². The highest BCUT2D eigenvalue weighted by Crippen LogP contribution is 2.44. The summed E-state index contributed by atoms with van der Waals surface area (Å²) in [6.07, 6.45) is 1.83. The highest BCUT2D eigenvalue weighted by atomic mass is 32.1. The first-order valence-electron chi connectivity index (χ1n) is 15.1. The molecule has 2 aromatic heterocycles. The van der Waals surface area contributed by atoms with Crippen molar-refractivity contribution in [3.8, 4) is 5.69 Å². The molecule has 7 nitrogen and oxygen atoms in total. The molecule has 1 aliphatic rings. The summed E-state index contributed by atoms with van der Waals surface area (Å²) >= 11 is 6.00. The number of nitrogens with zero attached hydrogens (tertiary/aromatic N) is 4. The van der Waals surface area contributed by atoms with Crippen LogP contribution in [0.1, 0.15) is 68.0 Å². The van der Waals surface area contributed by atoms with Gasteiger partial charge in [0, 0.05) is 59.3 Å². The van der Waals surface area contributed by atoms with Crippen LogP contribution in [0, 0.1) is 26.7 Å². The van der Waals surface area contributed by atoms with Gasteiger partial charge in [0.2, 0.25) is 5.91 Å². The second-order valence-corrected chi connectivity index (χ2v) is 11.9. The van der Waals surface area contributed by atoms with Crippen LogP contribution in [-0.4, -0.2) is 33.7 Å². The molecule has 2 N–H and O–H groups in total. The molecule has 2 atom stereocenters. The van der Waals surface area contributed by atoms with Gasteiger partial charge >= 0.3 is 0 Å². The molecule has 8 heteroatoms. The van der Waals surface area contributed by atoms with E-state index in [1.165, 1.54) is 11.3 Å². The summed E-state index contributed by atoms with van der Waals surface area (Å²) in [7, 11) is 0. The Morgan fingerprint density at radius 2 is 1.70 bits per heavy atom. The van der Waals surface area contributed by atoms with Crippen LogP contribution in [0.15, 0.2) is 72.9 Å². The maximum absolute atomic E-state index is 12.4. The normalized spacial score (nSPS) is 16.5. The van der Waals surface area contributed by atoms with Crippen LogP contribution in [0.4, 0.5) is 17.1 Å². The number of carbonyl (C=O) groups is 1. The Balaban J connectivity index is 1.58. The summed E-state index contributed by atoms with van der Waals surface area (Å²) in [4.78, 5) is 21.7. The van der Waals surface area contributed by atoms with Gasteiger partial charge in [-0.05, 0) is 119 Å². The SMILES string of the molecule is CCN(CC)c1ccc(-n2c(C)cc([C@@H]3[C@H](c4ccccn4)NC(=S)N3c3ccc(NC(=O)C(C)C)c(C)c3)c2C)cc1. The van der Waals surface area contributed by atoms with E-state index in [-0.39, 0.29) is 23.9 Å². The quantitative estimate of drug-likeness (QED) is 0.197. The zero-order chi connectivity index (χ0) is 30.8. The topological polar surface area (TPSA) is 65.4 Å². The number of amides is 1. The summed E-state index contributed by atoms with van der Waals surface area (Å²) in [5.41, 5.74) is 9.55. The number of carbonyl (C=O) groups excluding carboxylic acids is 1. The predicted molar refractivity (Wildman–Crippen MR) is 181 cm³/mol. The third-order valence-electron chi connectivity index (χ3n) is 8.39. The van der Waals surface area contributed by atoms with Gasteiger partial charge in [-0.25, -0.2) is 0 Å². The number of thiocarbonyl (C=S) groups is 1. The number of aromatic nitrogens is 2. The number of aryl methyl sites for hydroxylation is 2. The maximum Gasteiger partial charge on any atom is 0.226 e. The molecular formula is C35H42N6OS. The van der Waals surface area contributed by atoms with Crippen molar-refractivity contribution in [3.63, 3.8) is 0 Å². The van der Waals surface area contributed by atoms with E-state index in [4.69, 9.17) is 17.2 Å². The van der Waals surface area contributed by atoms with Crippen molar-refractivity contribution in [3.05, 3.63) is 101 Å². The molecule has 3 heterocycles. The van der Waals surface area contributed by atoms with Crippen molar-refractivity contribution in [2.24, 2.45) is 5.92 Å². The van der Waals surface area contributed by atoms with Crippen LogP contribution in [-0.2, 0) is 4.79 Å². The first-order valence-corrected chi connectivity index (χ1v) is 15.5. The van der Waals surface area contributed by atoms with Gasteiger partial charge in [0.1, 0.15) is 0 Å². The molecule has 0 spiro atoms. The number of rotatable bonds is 9. The van der Waals surface area contributed by atoms with Crippen molar-refractivity contribution >= 4 is 40.3 Å². The lowest BCUT2D eigenvalue weighted by molar-refractivity contribution is -0.118. The van der Waals surface area contributed by atoms with Gasteiger partial charge in [-0.2, -0.15) is 0 Å². The Kier molecular flexibility index (Phi) is 8.87. The number of anilines is 3. The summed E-state index contributed by atoms with van der Waals surface area (Å²) in [6, 6.07) is 22.9. The smallest absolute Gasteiger partial charge is 0.226 e. The van der Waals surface area contributed by atoms with Crippen molar-refractivity contribution in [1.29, 1.82) is 0 Å². The summed E-state index contributed by atoms with van der Waals surface area (Å²) < 4.78 is 2.33. The first kappa shape index (κ1) is 30.3.